The van der Waals surface area contributed by atoms with Crippen LogP contribution in [0.5, 0.6) is 11.5 Å². The Bertz CT molecular complexity index is 419. The molecule has 0 saturated heterocycles. The second-order valence-corrected chi connectivity index (χ2v) is 4.08. The van der Waals surface area contributed by atoms with Crippen LogP contribution in [0.25, 0.3) is 0 Å². The first-order valence-electron chi connectivity index (χ1n) is 6.05. The third-order valence-corrected chi connectivity index (χ3v) is 2.66. The van der Waals surface area contributed by atoms with Crippen molar-refractivity contribution in [1.82, 2.24) is 5.32 Å². The second kappa shape index (κ2) is 6.26. The van der Waals surface area contributed by atoms with Gasteiger partial charge >= 0.3 is 0 Å². The minimum Gasteiger partial charge on any atom is -0.486 e. The fraction of sp³-hybridized carbons (Fsp3) is 0.462. The van der Waals surface area contributed by atoms with Gasteiger partial charge in [0.2, 0.25) is 5.91 Å². The summed E-state index contributed by atoms with van der Waals surface area (Å²) < 4.78 is 10.9. The van der Waals surface area contributed by atoms with Crippen LogP contribution in [0.2, 0.25) is 0 Å². The van der Waals surface area contributed by atoms with Crippen LogP contribution in [-0.4, -0.2) is 30.8 Å². The van der Waals surface area contributed by atoms with E-state index in [-0.39, 0.29) is 12.5 Å². The quantitative estimate of drug-likeness (QED) is 0.814. The molecule has 1 aromatic rings. The van der Waals surface area contributed by atoms with Crippen LogP contribution >= 0.6 is 0 Å². The van der Waals surface area contributed by atoms with Crippen LogP contribution in [0.4, 0.5) is 0 Å². The Morgan fingerprint density at radius 1 is 1.28 bits per heavy atom. The third-order valence-electron chi connectivity index (χ3n) is 2.66. The summed E-state index contributed by atoms with van der Waals surface area (Å²) in [6, 6.07) is 5.63. The Labute approximate surface area is 106 Å². The highest BCUT2D eigenvalue weighted by atomic mass is 16.6. The Hall–Kier alpha value is -1.75. The van der Waals surface area contributed by atoms with Crippen molar-refractivity contribution in [3.05, 3.63) is 23.8 Å². The number of ether oxygens (including phenoxy) is 2. The minimum atomic E-state index is -0.0565. The molecule has 1 amide bonds. The lowest BCUT2D eigenvalue weighted by Gasteiger charge is -2.18. The molecule has 1 heterocycles. The number of hydrogen-bond acceptors (Lipinski definition) is 4. The molecule has 1 aliphatic rings. The molecule has 0 atom stereocenters. The van der Waals surface area contributed by atoms with Gasteiger partial charge in [-0.25, -0.2) is 0 Å². The molecular weight excluding hydrogens is 234 g/mol. The molecule has 0 aromatic heterocycles. The summed E-state index contributed by atoms with van der Waals surface area (Å²) in [6.45, 7) is 1.63. The smallest absolute Gasteiger partial charge is 0.220 e. The largest absolute Gasteiger partial charge is 0.486 e. The summed E-state index contributed by atoms with van der Waals surface area (Å²) >= 11 is 0. The molecular formula is C13H17NO4. The van der Waals surface area contributed by atoms with Gasteiger partial charge in [0.05, 0.1) is 0 Å². The van der Waals surface area contributed by atoms with Gasteiger partial charge in [0.25, 0.3) is 0 Å². The molecule has 98 valence electrons. The zero-order valence-electron chi connectivity index (χ0n) is 10.1. The van der Waals surface area contributed by atoms with Crippen molar-refractivity contribution in [2.75, 3.05) is 19.8 Å². The molecule has 0 bridgehead atoms. The average molecular weight is 251 g/mol. The van der Waals surface area contributed by atoms with Crippen LogP contribution in [0.1, 0.15) is 18.4 Å². The number of carbonyl (C=O) groups is 1. The molecule has 0 radical (unpaired) electrons. The predicted octanol–water partition coefficient (Wildman–Crippen LogP) is 0.846. The van der Waals surface area contributed by atoms with Crippen LogP contribution in [0.3, 0.4) is 0 Å². The van der Waals surface area contributed by atoms with Crippen molar-refractivity contribution in [2.24, 2.45) is 0 Å². The van der Waals surface area contributed by atoms with Gasteiger partial charge in [0, 0.05) is 19.6 Å². The zero-order chi connectivity index (χ0) is 12.8. The Kier molecular flexibility index (Phi) is 4.41. The Morgan fingerprint density at radius 3 is 2.83 bits per heavy atom. The van der Waals surface area contributed by atoms with E-state index in [1.807, 2.05) is 18.2 Å². The van der Waals surface area contributed by atoms with Crippen molar-refractivity contribution >= 4 is 5.91 Å². The standard InChI is InChI=1S/C13H17NO4/c15-5-1-2-13(16)14-9-10-3-4-11-12(8-10)18-7-6-17-11/h3-4,8,15H,1-2,5-7,9H2,(H,14,16). The number of nitrogens with one attached hydrogen (secondary N) is 1. The number of rotatable bonds is 5. The van der Waals surface area contributed by atoms with E-state index in [0.717, 1.165) is 17.1 Å². The first-order valence-corrected chi connectivity index (χ1v) is 6.05. The summed E-state index contributed by atoms with van der Waals surface area (Å²) in [5, 5.41) is 11.4. The molecule has 0 spiro atoms. The molecule has 18 heavy (non-hydrogen) atoms. The van der Waals surface area contributed by atoms with Crippen molar-refractivity contribution in [3.8, 4) is 11.5 Å². The zero-order valence-corrected chi connectivity index (χ0v) is 10.1. The van der Waals surface area contributed by atoms with Crippen LogP contribution < -0.4 is 14.8 Å². The van der Waals surface area contributed by atoms with Gasteiger partial charge < -0.3 is 19.9 Å². The Balaban J connectivity index is 1.88. The topological polar surface area (TPSA) is 67.8 Å². The van der Waals surface area contributed by atoms with Gasteiger partial charge in [-0.05, 0) is 24.1 Å². The molecule has 1 aliphatic heterocycles. The van der Waals surface area contributed by atoms with E-state index in [2.05, 4.69) is 5.32 Å². The summed E-state index contributed by atoms with van der Waals surface area (Å²) in [4.78, 5) is 11.4. The number of benzene rings is 1. The van der Waals surface area contributed by atoms with E-state index in [0.29, 0.717) is 32.6 Å². The molecule has 0 fully saturated rings. The van der Waals surface area contributed by atoms with Gasteiger partial charge in [0.15, 0.2) is 11.5 Å². The molecule has 0 aliphatic carbocycles. The van der Waals surface area contributed by atoms with Gasteiger partial charge in [-0.1, -0.05) is 6.07 Å². The van der Waals surface area contributed by atoms with Gasteiger partial charge in [-0.2, -0.15) is 0 Å². The lowest BCUT2D eigenvalue weighted by molar-refractivity contribution is -0.121. The van der Waals surface area contributed by atoms with Gasteiger partial charge in [-0.3, -0.25) is 4.79 Å². The van der Waals surface area contributed by atoms with Crippen LogP contribution in [-0.2, 0) is 11.3 Å². The fourth-order valence-corrected chi connectivity index (χ4v) is 1.73. The normalized spacial score (nSPS) is 13.2. The molecule has 2 N–H and O–H groups in total. The SMILES string of the molecule is O=C(CCCO)NCc1ccc2c(c1)OCCO2. The van der Waals surface area contributed by atoms with E-state index >= 15 is 0 Å². The predicted molar refractivity (Wildman–Crippen MR) is 65.6 cm³/mol. The lowest BCUT2D eigenvalue weighted by atomic mass is 10.2. The van der Waals surface area contributed by atoms with Crippen LogP contribution in [0, 0.1) is 0 Å². The van der Waals surface area contributed by atoms with E-state index < -0.39 is 0 Å². The van der Waals surface area contributed by atoms with Crippen molar-refractivity contribution < 1.29 is 19.4 Å². The first kappa shape index (κ1) is 12.7. The number of aliphatic hydroxyl groups is 1. The van der Waals surface area contributed by atoms with Crippen molar-refractivity contribution in [2.45, 2.75) is 19.4 Å². The maximum Gasteiger partial charge on any atom is 0.220 e. The maximum atomic E-state index is 11.4. The first-order chi connectivity index (χ1) is 8.79. The van der Waals surface area contributed by atoms with Gasteiger partial charge in [-0.15, -0.1) is 0 Å². The molecule has 2 rings (SSSR count). The highest BCUT2D eigenvalue weighted by Crippen LogP contribution is 2.30. The van der Waals surface area contributed by atoms with E-state index in [4.69, 9.17) is 14.6 Å². The molecule has 1 aromatic carbocycles. The minimum absolute atomic E-state index is 0.0391. The third kappa shape index (κ3) is 3.37. The number of hydrogen-bond donors (Lipinski definition) is 2. The van der Waals surface area contributed by atoms with Crippen molar-refractivity contribution in [1.29, 1.82) is 0 Å². The highest BCUT2D eigenvalue weighted by molar-refractivity contribution is 5.75. The summed E-state index contributed by atoms with van der Waals surface area (Å²) in [5.74, 6) is 1.42. The second-order valence-electron chi connectivity index (χ2n) is 4.08. The number of amides is 1. The lowest BCUT2D eigenvalue weighted by Crippen LogP contribution is -2.23. The van der Waals surface area contributed by atoms with E-state index in [9.17, 15) is 4.79 Å². The van der Waals surface area contributed by atoms with E-state index in [1.165, 1.54) is 0 Å². The number of aliphatic hydroxyl groups excluding tert-OH is 1. The summed E-state index contributed by atoms with van der Waals surface area (Å²) in [5.41, 5.74) is 0.969. The summed E-state index contributed by atoms with van der Waals surface area (Å²) in [6.07, 6.45) is 0.841. The fourth-order valence-electron chi connectivity index (χ4n) is 1.73. The monoisotopic (exact) mass is 251 g/mol. The number of carbonyl (C=O) groups excluding carboxylic acids is 1. The van der Waals surface area contributed by atoms with E-state index in [1.54, 1.807) is 0 Å². The maximum absolute atomic E-state index is 11.4. The Morgan fingerprint density at radius 2 is 2.06 bits per heavy atom. The van der Waals surface area contributed by atoms with Crippen LogP contribution in [0.15, 0.2) is 18.2 Å². The molecule has 5 heteroatoms. The average Bonchev–Trinajstić information content (AvgIpc) is 2.42. The summed E-state index contributed by atoms with van der Waals surface area (Å²) in [7, 11) is 0. The van der Waals surface area contributed by atoms with Gasteiger partial charge in [0.1, 0.15) is 13.2 Å². The molecule has 0 unspecified atom stereocenters. The van der Waals surface area contributed by atoms with Crippen molar-refractivity contribution in [3.63, 3.8) is 0 Å². The highest BCUT2D eigenvalue weighted by Gasteiger charge is 2.11. The number of fused-ring (bicyclic) bond motifs is 1. The molecule has 5 nitrogen and oxygen atoms in total. The molecule has 0 saturated carbocycles.